The van der Waals surface area contributed by atoms with E-state index in [1.807, 2.05) is 0 Å². The zero-order chi connectivity index (χ0) is 30.1. The van der Waals surface area contributed by atoms with Crippen molar-refractivity contribution in [3.63, 3.8) is 0 Å². The number of hydrogen-bond donors (Lipinski definition) is 1. The van der Waals surface area contributed by atoms with Crippen LogP contribution in [0.25, 0.3) is 0 Å². The minimum Gasteiger partial charge on any atom is -0.469 e. The molecular formula is C25H40N2O11S. The van der Waals surface area contributed by atoms with E-state index >= 15 is 0 Å². The normalized spacial score (nSPS) is 26.0. The third-order valence-corrected chi connectivity index (χ3v) is 8.81. The van der Waals surface area contributed by atoms with Gasteiger partial charge >= 0.3 is 23.9 Å². The summed E-state index contributed by atoms with van der Waals surface area (Å²) in [6, 6.07) is 0. The van der Waals surface area contributed by atoms with E-state index < -0.39 is 85.1 Å². The first kappa shape index (κ1) is 32.5. The van der Waals surface area contributed by atoms with Gasteiger partial charge < -0.3 is 18.9 Å². The van der Waals surface area contributed by atoms with Crippen LogP contribution in [0.5, 0.6) is 0 Å². The molecule has 13 nitrogen and oxygen atoms in total. The average Bonchev–Trinajstić information content (AvgIpc) is 3.50. The van der Waals surface area contributed by atoms with E-state index in [0.717, 1.165) is 14.2 Å². The number of amides is 1. The number of rotatable bonds is 10. The topological polar surface area (TPSA) is 186 Å². The molecule has 1 saturated carbocycles. The largest absolute Gasteiger partial charge is 0.469 e. The highest BCUT2D eigenvalue weighted by molar-refractivity contribution is 7.92. The summed E-state index contributed by atoms with van der Waals surface area (Å²) < 4.78 is 46.1. The third kappa shape index (κ3) is 7.07. The van der Waals surface area contributed by atoms with Crippen molar-refractivity contribution in [2.75, 3.05) is 20.0 Å². The van der Waals surface area contributed by atoms with E-state index in [9.17, 15) is 32.4 Å². The first-order valence-electron chi connectivity index (χ1n) is 12.6. The summed E-state index contributed by atoms with van der Waals surface area (Å²) in [6.07, 6.45) is 0.414. The molecule has 0 aromatic carbocycles. The zero-order valence-corrected chi connectivity index (χ0v) is 24.6. The number of methoxy groups -OCH3 is 2. The molecule has 1 saturated heterocycles. The smallest absolute Gasteiger partial charge is 0.334 e. The van der Waals surface area contributed by atoms with Crippen LogP contribution in [0.1, 0.15) is 67.2 Å². The summed E-state index contributed by atoms with van der Waals surface area (Å²) in [5.41, 5.74) is -3.89. The molecule has 1 heterocycles. The van der Waals surface area contributed by atoms with Gasteiger partial charge in [-0.25, -0.2) is 19.1 Å². The number of unbranched alkanes of at least 4 members (excludes halogenated alkanes) is 1. The Hall–Kier alpha value is -2.74. The van der Waals surface area contributed by atoms with Crippen LogP contribution in [0.15, 0.2) is 0 Å². The number of nitrogens with zero attached hydrogens (tertiary/aromatic N) is 1. The molecule has 1 aliphatic carbocycles. The number of sulfone groups is 1. The van der Waals surface area contributed by atoms with E-state index in [1.165, 1.54) is 0 Å². The Labute approximate surface area is 228 Å². The molecule has 0 spiro atoms. The van der Waals surface area contributed by atoms with Crippen LogP contribution in [0, 0.1) is 17.8 Å². The monoisotopic (exact) mass is 576 g/mol. The minimum absolute atomic E-state index is 0.0355. The van der Waals surface area contributed by atoms with Gasteiger partial charge in [-0.15, -0.1) is 0 Å². The Kier molecular flexibility index (Phi) is 9.49. The number of fused-ring (bicyclic) bond motifs is 1. The molecule has 0 aromatic heterocycles. The lowest BCUT2D eigenvalue weighted by Gasteiger charge is -2.38. The third-order valence-electron chi connectivity index (χ3n) is 6.55. The van der Waals surface area contributed by atoms with E-state index in [1.54, 1.807) is 41.5 Å². The number of carbonyl (C=O) groups is 5. The van der Waals surface area contributed by atoms with Crippen LogP contribution >= 0.6 is 0 Å². The van der Waals surface area contributed by atoms with Crippen LogP contribution in [-0.2, 0) is 52.8 Å². The van der Waals surface area contributed by atoms with Gasteiger partial charge in [0.2, 0.25) is 0 Å². The SMILES string of the molecule is COC(=O)[C@@H]1[C@@H]2[C@H]1S(=O)(=O)C[C@]2(C(=O)OC)N(N)C(=O)[C@H](CCCCC(=O)OC(C)(C)C)C(=O)OC(C)(C)C. The van der Waals surface area contributed by atoms with Gasteiger partial charge in [-0.05, 0) is 54.4 Å². The van der Waals surface area contributed by atoms with Gasteiger partial charge in [-0.3, -0.25) is 24.2 Å². The van der Waals surface area contributed by atoms with Gasteiger partial charge in [0.1, 0.15) is 17.1 Å². The summed E-state index contributed by atoms with van der Waals surface area (Å²) in [6.45, 7) is 9.99. The standard InChI is InChI=1S/C25H40N2O11S/c1-23(2,3)37-15(28)12-10-9-11-14(20(30)38-24(4,5)6)19(29)27(26)25(22(32)36-8)13-39(33,34)18-16(17(18)25)21(31)35-7/h14,16-18H,9-13,26H2,1-8H3/t14-,16+,17+,18-,25-/m0/s1. The van der Waals surface area contributed by atoms with Gasteiger partial charge in [0.05, 0.1) is 31.1 Å². The van der Waals surface area contributed by atoms with Crippen molar-refractivity contribution < 1.29 is 51.3 Å². The number of nitrogens with two attached hydrogens (primary N) is 1. The first-order chi connectivity index (χ1) is 17.7. The molecule has 2 aliphatic rings. The van der Waals surface area contributed by atoms with Crippen LogP contribution in [0.3, 0.4) is 0 Å². The second kappa shape index (κ2) is 11.4. The van der Waals surface area contributed by atoms with Crippen LogP contribution in [0.4, 0.5) is 0 Å². The van der Waals surface area contributed by atoms with E-state index in [4.69, 9.17) is 24.8 Å². The average molecular weight is 577 g/mol. The molecule has 5 atom stereocenters. The molecule has 2 rings (SSSR count). The number of ether oxygens (including phenoxy) is 4. The maximum absolute atomic E-state index is 13.7. The van der Waals surface area contributed by atoms with Crippen molar-refractivity contribution in [2.45, 2.75) is 89.2 Å². The van der Waals surface area contributed by atoms with Crippen molar-refractivity contribution in [1.29, 1.82) is 0 Å². The highest BCUT2D eigenvalue weighted by Crippen LogP contribution is 2.60. The fraction of sp³-hybridized carbons (Fsp3) is 0.800. The Balaban J connectivity index is 2.35. The second-order valence-electron chi connectivity index (χ2n) is 11.9. The van der Waals surface area contributed by atoms with Crippen molar-refractivity contribution in [3.05, 3.63) is 0 Å². The van der Waals surface area contributed by atoms with E-state index in [2.05, 4.69) is 0 Å². The van der Waals surface area contributed by atoms with Crippen LogP contribution in [0.2, 0.25) is 0 Å². The number of hydrogen-bond acceptors (Lipinski definition) is 12. The maximum Gasteiger partial charge on any atom is 0.334 e. The maximum atomic E-state index is 13.7. The van der Waals surface area contributed by atoms with Gasteiger partial charge in [0.25, 0.3) is 5.91 Å². The summed E-state index contributed by atoms with van der Waals surface area (Å²) in [4.78, 5) is 64.2. The number of hydrazine groups is 1. The Bertz CT molecular complexity index is 1110. The molecule has 0 aromatic rings. The minimum atomic E-state index is -4.06. The molecule has 222 valence electrons. The van der Waals surface area contributed by atoms with Crippen molar-refractivity contribution in [3.8, 4) is 0 Å². The van der Waals surface area contributed by atoms with Gasteiger partial charge in [-0.1, -0.05) is 6.42 Å². The van der Waals surface area contributed by atoms with Crippen LogP contribution < -0.4 is 5.84 Å². The summed E-state index contributed by atoms with van der Waals surface area (Å²) in [7, 11) is -1.99. The predicted molar refractivity (Wildman–Crippen MR) is 136 cm³/mol. The quantitative estimate of drug-likeness (QED) is 0.0730. The lowest BCUT2D eigenvalue weighted by atomic mass is 9.90. The molecule has 0 radical (unpaired) electrons. The highest BCUT2D eigenvalue weighted by atomic mass is 32.2. The fourth-order valence-electron chi connectivity index (χ4n) is 5.00. The molecule has 2 fully saturated rings. The Morgan fingerprint density at radius 1 is 0.949 bits per heavy atom. The zero-order valence-electron chi connectivity index (χ0n) is 23.8. The van der Waals surface area contributed by atoms with Crippen molar-refractivity contribution >= 4 is 39.6 Å². The number of carbonyl (C=O) groups excluding carboxylic acids is 5. The van der Waals surface area contributed by atoms with Crippen LogP contribution in [-0.4, -0.2) is 85.2 Å². The lowest BCUT2D eigenvalue weighted by molar-refractivity contribution is -0.173. The van der Waals surface area contributed by atoms with Crippen molar-refractivity contribution in [2.24, 2.45) is 23.6 Å². The Morgan fingerprint density at radius 3 is 2.00 bits per heavy atom. The van der Waals surface area contributed by atoms with E-state index in [-0.39, 0.29) is 25.7 Å². The summed E-state index contributed by atoms with van der Waals surface area (Å²) >= 11 is 0. The summed E-state index contributed by atoms with van der Waals surface area (Å²) in [5, 5.41) is -0.858. The summed E-state index contributed by atoms with van der Waals surface area (Å²) in [5.74, 6) is -3.09. The van der Waals surface area contributed by atoms with Crippen molar-refractivity contribution in [1.82, 2.24) is 5.01 Å². The molecule has 2 N–H and O–H groups in total. The molecule has 39 heavy (non-hydrogen) atoms. The van der Waals surface area contributed by atoms with Gasteiger partial charge in [0, 0.05) is 12.3 Å². The lowest BCUT2D eigenvalue weighted by Crippen LogP contribution is -2.66. The molecule has 1 amide bonds. The first-order valence-corrected chi connectivity index (χ1v) is 14.4. The molecule has 14 heteroatoms. The van der Waals surface area contributed by atoms with E-state index in [0.29, 0.717) is 5.01 Å². The molecule has 0 unspecified atom stereocenters. The van der Waals surface area contributed by atoms with Gasteiger partial charge in [0.15, 0.2) is 15.4 Å². The van der Waals surface area contributed by atoms with Gasteiger partial charge in [-0.2, -0.15) is 0 Å². The molecular weight excluding hydrogens is 536 g/mol. The molecule has 0 bridgehead atoms. The second-order valence-corrected chi connectivity index (χ2v) is 14.0. The predicted octanol–water partition coefficient (Wildman–Crippen LogP) is 0.677. The highest BCUT2D eigenvalue weighted by Gasteiger charge is 2.81. The Morgan fingerprint density at radius 2 is 1.51 bits per heavy atom. The fourth-order valence-corrected chi connectivity index (χ4v) is 7.74. The molecule has 1 aliphatic heterocycles. The number of esters is 4.